The molecule has 0 aromatic heterocycles. The first-order valence-corrected chi connectivity index (χ1v) is 8.48. The van der Waals surface area contributed by atoms with E-state index in [4.69, 9.17) is 35.3 Å². The molecule has 0 spiro atoms. The molecule has 1 N–H and O–H groups in total. The molecule has 0 aliphatic carbocycles. The molecule has 2 rings (SSSR count). The highest BCUT2D eigenvalue weighted by atomic mass is 35.5. The van der Waals surface area contributed by atoms with Crippen molar-refractivity contribution in [3.05, 3.63) is 41.4 Å². The zero-order valence-electron chi connectivity index (χ0n) is 15.6. The minimum atomic E-state index is -0.694. The topological polar surface area (TPSA) is 92.3 Å². The summed E-state index contributed by atoms with van der Waals surface area (Å²) in [5.74, 6) is 0.345. The van der Waals surface area contributed by atoms with E-state index in [2.05, 4.69) is 5.32 Å². The van der Waals surface area contributed by atoms with Crippen molar-refractivity contribution in [1.29, 1.82) is 0 Å². The highest BCUT2D eigenvalue weighted by molar-refractivity contribution is 6.30. The average Bonchev–Trinajstić information content (AvgIpc) is 2.69. The van der Waals surface area contributed by atoms with Gasteiger partial charge in [0.15, 0.2) is 24.7 Å². The molecule has 0 aliphatic rings. The van der Waals surface area contributed by atoms with Crippen LogP contribution in [0.15, 0.2) is 36.4 Å². The van der Waals surface area contributed by atoms with Crippen LogP contribution in [0.2, 0.25) is 5.02 Å². The van der Waals surface area contributed by atoms with Crippen molar-refractivity contribution in [2.24, 2.45) is 0 Å². The van der Waals surface area contributed by atoms with Gasteiger partial charge >= 0.3 is 5.97 Å². The number of esters is 1. The maximum absolute atomic E-state index is 12.0. The summed E-state index contributed by atoms with van der Waals surface area (Å²) in [6.45, 7) is -0.827. The van der Waals surface area contributed by atoms with Crippen molar-refractivity contribution in [2.75, 3.05) is 39.9 Å². The molecule has 0 atom stereocenters. The van der Waals surface area contributed by atoms with Crippen LogP contribution in [0.4, 0.5) is 5.69 Å². The zero-order valence-corrected chi connectivity index (χ0v) is 16.4. The summed E-state index contributed by atoms with van der Waals surface area (Å²) in [5, 5.41) is 3.07. The Morgan fingerprint density at radius 3 is 2.21 bits per heavy atom. The normalized spacial score (nSPS) is 10.0. The summed E-state index contributed by atoms with van der Waals surface area (Å²) in [5.41, 5.74) is 0.394. The molecule has 0 saturated heterocycles. The van der Waals surface area contributed by atoms with Gasteiger partial charge in [-0.15, -0.1) is 0 Å². The third-order valence-electron chi connectivity index (χ3n) is 3.47. The molecule has 0 fully saturated rings. The van der Waals surface area contributed by atoms with Gasteiger partial charge in [0.2, 0.25) is 5.75 Å². The van der Waals surface area contributed by atoms with E-state index in [-0.39, 0.29) is 6.61 Å². The average molecular weight is 410 g/mol. The summed E-state index contributed by atoms with van der Waals surface area (Å²) in [7, 11) is 4.40. The smallest absolute Gasteiger partial charge is 0.344 e. The first kappa shape index (κ1) is 21.2. The molecule has 0 heterocycles. The standard InChI is InChI=1S/C19H20ClNO7/c1-24-15-8-13(9-16(25-2)19(15)26-3)21-17(22)10-28-18(23)11-27-14-6-4-5-12(20)7-14/h4-9H,10-11H2,1-3H3,(H,21,22). The fraction of sp³-hybridized carbons (Fsp3) is 0.263. The van der Waals surface area contributed by atoms with Gasteiger partial charge in [-0.2, -0.15) is 0 Å². The van der Waals surface area contributed by atoms with Gasteiger partial charge in [0.05, 0.1) is 21.3 Å². The van der Waals surface area contributed by atoms with Crippen molar-refractivity contribution in [2.45, 2.75) is 0 Å². The van der Waals surface area contributed by atoms with E-state index in [9.17, 15) is 9.59 Å². The van der Waals surface area contributed by atoms with Gasteiger partial charge in [-0.3, -0.25) is 4.79 Å². The Kier molecular flexibility index (Phi) is 7.76. The maximum Gasteiger partial charge on any atom is 0.344 e. The van der Waals surface area contributed by atoms with E-state index >= 15 is 0 Å². The van der Waals surface area contributed by atoms with Crippen molar-refractivity contribution in [3.8, 4) is 23.0 Å². The lowest BCUT2D eigenvalue weighted by atomic mass is 10.2. The fourth-order valence-corrected chi connectivity index (χ4v) is 2.42. The molecular formula is C19H20ClNO7. The quantitative estimate of drug-likeness (QED) is 0.636. The van der Waals surface area contributed by atoms with Crippen LogP contribution in [-0.4, -0.2) is 46.4 Å². The fourth-order valence-electron chi connectivity index (χ4n) is 2.24. The Hall–Kier alpha value is -3.13. The number of carbonyl (C=O) groups excluding carboxylic acids is 2. The van der Waals surface area contributed by atoms with Crippen LogP contribution in [0, 0.1) is 0 Å². The van der Waals surface area contributed by atoms with Crippen LogP contribution in [0.1, 0.15) is 0 Å². The van der Waals surface area contributed by atoms with Gasteiger partial charge in [0, 0.05) is 22.8 Å². The van der Waals surface area contributed by atoms with E-state index in [1.165, 1.54) is 21.3 Å². The molecule has 0 radical (unpaired) electrons. The van der Waals surface area contributed by atoms with Crippen LogP contribution in [0.25, 0.3) is 0 Å². The number of benzene rings is 2. The number of halogens is 1. The summed E-state index contributed by atoms with van der Waals surface area (Å²) in [6, 6.07) is 9.70. The van der Waals surface area contributed by atoms with Crippen molar-refractivity contribution < 1.29 is 33.3 Å². The Labute approximate surface area is 167 Å². The number of nitrogens with one attached hydrogen (secondary N) is 1. The third kappa shape index (κ3) is 5.95. The molecular weight excluding hydrogens is 390 g/mol. The van der Waals surface area contributed by atoms with Crippen molar-refractivity contribution in [3.63, 3.8) is 0 Å². The van der Waals surface area contributed by atoms with Gasteiger partial charge in [-0.05, 0) is 18.2 Å². The van der Waals surface area contributed by atoms with E-state index < -0.39 is 18.5 Å². The van der Waals surface area contributed by atoms with Crippen molar-refractivity contribution in [1.82, 2.24) is 0 Å². The number of methoxy groups -OCH3 is 3. The van der Waals surface area contributed by atoms with Gasteiger partial charge in [-0.1, -0.05) is 17.7 Å². The molecule has 0 unspecified atom stereocenters. The van der Waals surface area contributed by atoms with Gasteiger partial charge < -0.3 is 29.0 Å². The van der Waals surface area contributed by atoms with Gasteiger partial charge in [0.1, 0.15) is 5.75 Å². The molecule has 150 valence electrons. The van der Waals surface area contributed by atoms with E-state index in [1.807, 2.05) is 0 Å². The number of amides is 1. The molecule has 28 heavy (non-hydrogen) atoms. The van der Waals surface area contributed by atoms with Crippen LogP contribution in [0.5, 0.6) is 23.0 Å². The minimum Gasteiger partial charge on any atom is -0.493 e. The second kappa shape index (κ2) is 10.3. The highest BCUT2D eigenvalue weighted by Gasteiger charge is 2.15. The molecule has 1 amide bonds. The van der Waals surface area contributed by atoms with E-state index in [0.717, 1.165) is 0 Å². The predicted molar refractivity (Wildman–Crippen MR) is 103 cm³/mol. The van der Waals surface area contributed by atoms with Crippen LogP contribution >= 0.6 is 11.6 Å². The first-order valence-electron chi connectivity index (χ1n) is 8.10. The predicted octanol–water partition coefficient (Wildman–Crippen LogP) is 2.93. The maximum atomic E-state index is 12.0. The molecule has 8 nitrogen and oxygen atoms in total. The number of carbonyl (C=O) groups is 2. The van der Waals surface area contributed by atoms with Crippen molar-refractivity contribution >= 4 is 29.2 Å². The monoisotopic (exact) mass is 409 g/mol. The second-order valence-corrected chi connectivity index (χ2v) is 5.81. The van der Waals surface area contributed by atoms with E-state index in [1.54, 1.807) is 36.4 Å². The van der Waals surface area contributed by atoms with E-state index in [0.29, 0.717) is 33.7 Å². The number of ether oxygens (including phenoxy) is 5. The second-order valence-electron chi connectivity index (χ2n) is 5.37. The number of rotatable bonds is 9. The summed E-state index contributed by atoms with van der Waals surface area (Å²) in [4.78, 5) is 23.8. The Balaban J connectivity index is 1.87. The lowest BCUT2D eigenvalue weighted by molar-refractivity contribution is -0.149. The zero-order chi connectivity index (χ0) is 20.5. The van der Waals surface area contributed by atoms with Crippen LogP contribution in [-0.2, 0) is 14.3 Å². The Morgan fingerprint density at radius 2 is 1.64 bits per heavy atom. The molecule has 2 aromatic rings. The largest absolute Gasteiger partial charge is 0.493 e. The SMILES string of the molecule is COc1cc(NC(=O)COC(=O)COc2cccc(Cl)c2)cc(OC)c1OC. The van der Waals surface area contributed by atoms with Crippen LogP contribution in [0.3, 0.4) is 0 Å². The number of anilines is 1. The highest BCUT2D eigenvalue weighted by Crippen LogP contribution is 2.39. The third-order valence-corrected chi connectivity index (χ3v) is 3.70. The minimum absolute atomic E-state index is 0.349. The number of hydrogen-bond donors (Lipinski definition) is 1. The summed E-state index contributed by atoms with van der Waals surface area (Å²) in [6.07, 6.45) is 0. The molecule has 9 heteroatoms. The lowest BCUT2D eigenvalue weighted by Crippen LogP contribution is -2.23. The molecule has 2 aromatic carbocycles. The first-order chi connectivity index (χ1) is 13.5. The molecule has 0 aliphatic heterocycles. The molecule has 0 saturated carbocycles. The summed E-state index contributed by atoms with van der Waals surface area (Å²) < 4.78 is 25.8. The molecule has 0 bridgehead atoms. The summed E-state index contributed by atoms with van der Waals surface area (Å²) >= 11 is 5.83. The van der Waals surface area contributed by atoms with Gasteiger partial charge in [-0.25, -0.2) is 4.79 Å². The Bertz CT molecular complexity index is 816. The van der Waals surface area contributed by atoms with Crippen LogP contribution < -0.4 is 24.3 Å². The number of hydrogen-bond acceptors (Lipinski definition) is 7. The lowest BCUT2D eigenvalue weighted by Gasteiger charge is -2.14. The Morgan fingerprint density at radius 1 is 0.964 bits per heavy atom. The van der Waals surface area contributed by atoms with Gasteiger partial charge in [0.25, 0.3) is 5.91 Å².